The van der Waals surface area contributed by atoms with Gasteiger partial charge in [-0.05, 0) is 55.5 Å². The molecule has 2 heterocycles. The molecule has 35 heavy (non-hydrogen) atoms. The van der Waals surface area contributed by atoms with E-state index in [0.717, 1.165) is 20.8 Å². The lowest BCUT2D eigenvalue weighted by atomic mass is 10.1. The van der Waals surface area contributed by atoms with Crippen LogP contribution >= 0.6 is 11.3 Å². The Hall–Kier alpha value is -4.23. The van der Waals surface area contributed by atoms with Gasteiger partial charge in [0.1, 0.15) is 10.0 Å². The van der Waals surface area contributed by atoms with Crippen molar-refractivity contribution in [1.82, 2.24) is 14.3 Å². The third-order valence-corrected chi connectivity index (χ3v) is 7.85. The largest absolute Gasteiger partial charge is 0.384 e. The highest BCUT2D eigenvalue weighted by Crippen LogP contribution is 2.20. The van der Waals surface area contributed by atoms with E-state index in [-0.39, 0.29) is 26.8 Å². The van der Waals surface area contributed by atoms with Gasteiger partial charge in [0.15, 0.2) is 0 Å². The minimum atomic E-state index is -4.00. The number of aliphatic imine (C=N–C) groups is 1. The van der Waals surface area contributed by atoms with Crippen molar-refractivity contribution in [2.24, 2.45) is 10.7 Å². The predicted octanol–water partition coefficient (Wildman–Crippen LogP) is 1.89. The van der Waals surface area contributed by atoms with Gasteiger partial charge in [0, 0.05) is 23.2 Å². The smallest absolute Gasteiger partial charge is 0.333 e. The summed E-state index contributed by atoms with van der Waals surface area (Å²) in [5.41, 5.74) is 5.99. The number of nitrogens with two attached hydrogens (primary N) is 1. The Bertz CT molecular complexity index is 1700. The van der Waals surface area contributed by atoms with Crippen molar-refractivity contribution in [1.29, 1.82) is 0 Å². The molecule has 0 atom stereocenters. The first-order valence-electron chi connectivity index (χ1n) is 10.1. The molecule has 2 aromatic heterocycles. The average Bonchev–Trinajstić information content (AvgIpc) is 3.26. The topological polar surface area (TPSA) is 169 Å². The number of aryl methyl sites for hydroxylation is 1. The maximum Gasteiger partial charge on any atom is 0.333 e. The number of rotatable bonds is 5. The summed E-state index contributed by atoms with van der Waals surface area (Å²) in [5.74, 6) is 0.266. The van der Waals surface area contributed by atoms with Crippen molar-refractivity contribution in [3.8, 4) is 5.69 Å². The second kappa shape index (κ2) is 9.19. The van der Waals surface area contributed by atoms with E-state index in [1.54, 1.807) is 31.2 Å². The summed E-state index contributed by atoms with van der Waals surface area (Å²) in [5, 5.41) is 2.68. The molecule has 0 aliphatic carbocycles. The normalized spacial score (nSPS) is 12.0. The van der Waals surface area contributed by atoms with Gasteiger partial charge in [-0.1, -0.05) is 6.07 Å². The molecule has 13 heteroatoms. The third kappa shape index (κ3) is 4.85. The van der Waals surface area contributed by atoms with Gasteiger partial charge in [0.2, 0.25) is 0 Å². The lowest BCUT2D eigenvalue weighted by Gasteiger charge is -2.10. The second-order valence-corrected chi connectivity index (χ2v) is 10.6. The molecule has 0 saturated heterocycles. The standard InChI is InChI=1S/C22H20N6O5S2/c1-12-3-10-18(34-12)35(32,33)27-21(30)25-14-5-7-15(8-6-14)28-20(29)16-9-4-13(19(23)24-2)11-17(16)26-22(28)31/h3-11H,1-2H3,(H2,23,24)(H,26,31)(H2,25,27,30). The first-order chi connectivity index (χ1) is 16.6. The Kier molecular flexibility index (Phi) is 6.28. The van der Waals surface area contributed by atoms with E-state index in [1.807, 2.05) is 4.72 Å². The number of aromatic amines is 1. The Labute approximate surface area is 203 Å². The molecule has 0 fully saturated rings. The van der Waals surface area contributed by atoms with Crippen LogP contribution < -0.4 is 27.0 Å². The van der Waals surface area contributed by atoms with Crippen LogP contribution in [0.25, 0.3) is 16.6 Å². The number of fused-ring (bicyclic) bond motifs is 1. The zero-order valence-corrected chi connectivity index (χ0v) is 20.2. The van der Waals surface area contributed by atoms with Crippen LogP contribution in [0.3, 0.4) is 0 Å². The summed E-state index contributed by atoms with van der Waals surface area (Å²) in [4.78, 5) is 45.2. The zero-order valence-electron chi connectivity index (χ0n) is 18.5. The van der Waals surface area contributed by atoms with Gasteiger partial charge in [-0.15, -0.1) is 11.3 Å². The van der Waals surface area contributed by atoms with E-state index < -0.39 is 27.3 Å². The van der Waals surface area contributed by atoms with Gasteiger partial charge in [-0.3, -0.25) is 9.79 Å². The van der Waals surface area contributed by atoms with Crippen LogP contribution in [0.4, 0.5) is 10.5 Å². The fourth-order valence-electron chi connectivity index (χ4n) is 3.32. The van der Waals surface area contributed by atoms with Crippen LogP contribution in [0.5, 0.6) is 0 Å². The minimum absolute atomic E-state index is 0.0205. The molecule has 4 rings (SSSR count). The molecule has 0 bridgehead atoms. The molecular weight excluding hydrogens is 492 g/mol. The van der Waals surface area contributed by atoms with Gasteiger partial charge in [0.25, 0.3) is 15.6 Å². The number of nitrogens with one attached hydrogen (secondary N) is 3. The molecule has 180 valence electrons. The maximum absolute atomic E-state index is 13.0. The quantitative estimate of drug-likeness (QED) is 0.235. The van der Waals surface area contributed by atoms with E-state index in [0.29, 0.717) is 11.1 Å². The van der Waals surface area contributed by atoms with Crippen molar-refractivity contribution < 1.29 is 13.2 Å². The van der Waals surface area contributed by atoms with Gasteiger partial charge in [-0.25, -0.2) is 27.3 Å². The average molecular weight is 513 g/mol. The number of benzene rings is 2. The molecule has 0 aliphatic heterocycles. The van der Waals surface area contributed by atoms with E-state index >= 15 is 0 Å². The Morgan fingerprint density at radius 3 is 2.43 bits per heavy atom. The minimum Gasteiger partial charge on any atom is -0.384 e. The SMILES string of the molecule is CN=C(N)c1ccc2c(=O)n(-c3ccc(NC(=O)NS(=O)(=O)c4ccc(C)s4)cc3)c(=O)[nH]c2c1. The van der Waals surface area contributed by atoms with Crippen molar-refractivity contribution in [3.63, 3.8) is 0 Å². The van der Waals surface area contributed by atoms with Crippen LogP contribution in [0.1, 0.15) is 10.4 Å². The van der Waals surface area contributed by atoms with Crippen molar-refractivity contribution in [2.45, 2.75) is 11.1 Å². The number of carbonyl (C=O) groups excluding carboxylic acids is 1. The van der Waals surface area contributed by atoms with E-state index in [9.17, 15) is 22.8 Å². The highest BCUT2D eigenvalue weighted by molar-refractivity contribution is 7.92. The molecule has 2 aromatic carbocycles. The third-order valence-electron chi connectivity index (χ3n) is 5.03. The Morgan fingerprint density at radius 1 is 1.09 bits per heavy atom. The van der Waals surface area contributed by atoms with E-state index in [2.05, 4.69) is 15.3 Å². The fraction of sp³-hybridized carbons (Fsp3) is 0.0909. The van der Waals surface area contributed by atoms with Crippen LogP contribution in [0.15, 0.2) is 73.4 Å². The number of nitrogens with zero attached hydrogens (tertiary/aromatic N) is 2. The number of hydrogen-bond acceptors (Lipinski definition) is 7. The van der Waals surface area contributed by atoms with Crippen LogP contribution in [-0.2, 0) is 10.0 Å². The highest BCUT2D eigenvalue weighted by Gasteiger charge is 2.19. The lowest BCUT2D eigenvalue weighted by Crippen LogP contribution is -2.34. The molecular formula is C22H20N6O5S2. The second-order valence-electron chi connectivity index (χ2n) is 7.41. The zero-order chi connectivity index (χ0) is 25.3. The van der Waals surface area contributed by atoms with Crippen molar-refractivity contribution in [2.75, 3.05) is 12.4 Å². The van der Waals surface area contributed by atoms with Gasteiger partial charge in [0.05, 0.1) is 16.6 Å². The molecule has 0 unspecified atom stereocenters. The number of amidine groups is 1. The highest BCUT2D eigenvalue weighted by atomic mass is 32.2. The molecule has 0 spiro atoms. The predicted molar refractivity (Wildman–Crippen MR) is 135 cm³/mol. The molecule has 0 saturated carbocycles. The summed E-state index contributed by atoms with van der Waals surface area (Å²) < 4.78 is 27.5. The Balaban J connectivity index is 1.57. The number of aromatic nitrogens is 2. The number of hydrogen-bond donors (Lipinski definition) is 4. The monoisotopic (exact) mass is 512 g/mol. The van der Waals surface area contributed by atoms with Gasteiger partial charge in [-0.2, -0.15) is 0 Å². The van der Waals surface area contributed by atoms with Crippen LogP contribution in [0, 0.1) is 6.92 Å². The molecule has 5 N–H and O–H groups in total. The summed E-state index contributed by atoms with van der Waals surface area (Å²) in [7, 11) is -2.47. The molecule has 4 aromatic rings. The summed E-state index contributed by atoms with van der Waals surface area (Å²) in [6, 6.07) is 12.6. The molecule has 11 nitrogen and oxygen atoms in total. The number of urea groups is 1. The number of amides is 2. The summed E-state index contributed by atoms with van der Waals surface area (Å²) in [6.07, 6.45) is 0. The number of thiophene rings is 1. The Morgan fingerprint density at radius 2 is 1.80 bits per heavy atom. The fourth-order valence-corrected chi connectivity index (χ4v) is 5.51. The molecule has 0 radical (unpaired) electrons. The molecule has 0 aliphatic rings. The van der Waals surface area contributed by atoms with Gasteiger partial charge >= 0.3 is 11.7 Å². The van der Waals surface area contributed by atoms with Crippen LogP contribution in [0.2, 0.25) is 0 Å². The number of anilines is 1. The maximum atomic E-state index is 13.0. The summed E-state index contributed by atoms with van der Waals surface area (Å²) in [6.45, 7) is 1.76. The van der Waals surface area contributed by atoms with E-state index in [4.69, 9.17) is 5.73 Å². The van der Waals surface area contributed by atoms with Crippen LogP contribution in [-0.4, -0.2) is 36.9 Å². The number of H-pyrrole nitrogens is 1. The first-order valence-corrected chi connectivity index (χ1v) is 12.4. The van der Waals surface area contributed by atoms with Crippen molar-refractivity contribution >= 4 is 49.8 Å². The number of sulfonamides is 1. The first kappa shape index (κ1) is 23.9. The van der Waals surface area contributed by atoms with Gasteiger partial charge < -0.3 is 16.0 Å². The summed E-state index contributed by atoms with van der Waals surface area (Å²) >= 11 is 1.04. The van der Waals surface area contributed by atoms with Crippen molar-refractivity contribution in [3.05, 3.63) is 85.9 Å². The lowest BCUT2D eigenvalue weighted by molar-refractivity contribution is 0.256. The molecule has 2 amide bonds. The number of carbonyl (C=O) groups is 1. The van der Waals surface area contributed by atoms with E-state index in [1.165, 1.54) is 37.4 Å².